The Morgan fingerprint density at radius 2 is 2.24 bits per heavy atom. The Kier molecular flexibility index (Phi) is 4.58. The molecule has 1 atom stereocenters. The van der Waals surface area contributed by atoms with Gasteiger partial charge in [0.1, 0.15) is 16.7 Å². The SMILES string of the molecule is CCC1CCc2c(sc(NC(=O)OC(C)(C)C)c2C#N)C1. The van der Waals surface area contributed by atoms with Crippen molar-refractivity contribution in [1.29, 1.82) is 5.26 Å². The van der Waals surface area contributed by atoms with Crippen LogP contribution in [0.4, 0.5) is 9.80 Å². The van der Waals surface area contributed by atoms with Crippen molar-refractivity contribution in [2.24, 2.45) is 5.92 Å². The molecule has 4 nitrogen and oxygen atoms in total. The fraction of sp³-hybridized carbons (Fsp3) is 0.625. The first-order chi connectivity index (χ1) is 9.84. The van der Waals surface area contributed by atoms with Gasteiger partial charge in [-0.25, -0.2) is 4.79 Å². The van der Waals surface area contributed by atoms with Crippen LogP contribution in [0.3, 0.4) is 0 Å². The van der Waals surface area contributed by atoms with Gasteiger partial charge in [-0.05, 0) is 51.5 Å². The highest BCUT2D eigenvalue weighted by Gasteiger charge is 2.26. The van der Waals surface area contributed by atoms with Crippen LogP contribution in [-0.4, -0.2) is 11.7 Å². The summed E-state index contributed by atoms with van der Waals surface area (Å²) in [6.07, 6.45) is 3.74. The first-order valence-electron chi connectivity index (χ1n) is 7.38. The second-order valence-corrected chi connectivity index (χ2v) is 7.57. The summed E-state index contributed by atoms with van der Waals surface area (Å²) in [4.78, 5) is 13.1. The molecule has 0 saturated heterocycles. The molecule has 1 unspecified atom stereocenters. The Morgan fingerprint density at radius 1 is 1.52 bits per heavy atom. The first-order valence-corrected chi connectivity index (χ1v) is 8.20. The lowest BCUT2D eigenvalue weighted by Gasteiger charge is -2.20. The number of anilines is 1. The Bertz CT molecular complexity index is 578. The number of carbonyl (C=O) groups excluding carboxylic acids is 1. The molecule has 0 aliphatic heterocycles. The number of ether oxygens (including phenoxy) is 1. The van der Waals surface area contributed by atoms with Gasteiger partial charge in [0.15, 0.2) is 0 Å². The molecule has 1 heterocycles. The fourth-order valence-corrected chi connectivity index (χ4v) is 3.90. The lowest BCUT2D eigenvalue weighted by atomic mass is 9.86. The lowest BCUT2D eigenvalue weighted by Crippen LogP contribution is -2.27. The average molecular weight is 306 g/mol. The van der Waals surface area contributed by atoms with Gasteiger partial charge in [0.25, 0.3) is 0 Å². The number of amides is 1. The van der Waals surface area contributed by atoms with Gasteiger partial charge in [0, 0.05) is 4.88 Å². The van der Waals surface area contributed by atoms with Crippen LogP contribution < -0.4 is 5.32 Å². The van der Waals surface area contributed by atoms with Crippen molar-refractivity contribution < 1.29 is 9.53 Å². The zero-order valence-corrected chi connectivity index (χ0v) is 13.9. The van der Waals surface area contributed by atoms with Crippen molar-refractivity contribution in [2.75, 3.05) is 5.32 Å². The van der Waals surface area contributed by atoms with Crippen molar-refractivity contribution >= 4 is 22.4 Å². The molecular weight excluding hydrogens is 284 g/mol. The van der Waals surface area contributed by atoms with Crippen LogP contribution in [-0.2, 0) is 17.6 Å². The summed E-state index contributed by atoms with van der Waals surface area (Å²) in [7, 11) is 0. The van der Waals surface area contributed by atoms with Crippen LogP contribution in [0.2, 0.25) is 0 Å². The number of nitriles is 1. The molecular formula is C16H22N2O2S. The molecule has 1 aromatic rings. The van der Waals surface area contributed by atoms with Gasteiger partial charge in [-0.3, -0.25) is 5.32 Å². The van der Waals surface area contributed by atoms with Gasteiger partial charge < -0.3 is 4.74 Å². The smallest absolute Gasteiger partial charge is 0.412 e. The first kappa shape index (κ1) is 15.8. The van der Waals surface area contributed by atoms with Gasteiger partial charge in [0.2, 0.25) is 0 Å². The lowest BCUT2D eigenvalue weighted by molar-refractivity contribution is 0.0636. The van der Waals surface area contributed by atoms with Gasteiger partial charge in [0.05, 0.1) is 5.56 Å². The van der Waals surface area contributed by atoms with E-state index in [0.717, 1.165) is 31.2 Å². The number of hydrogen-bond acceptors (Lipinski definition) is 4. The third kappa shape index (κ3) is 3.76. The van der Waals surface area contributed by atoms with Crippen molar-refractivity contribution in [3.63, 3.8) is 0 Å². The minimum atomic E-state index is -0.541. The predicted molar refractivity (Wildman–Crippen MR) is 84.7 cm³/mol. The second kappa shape index (κ2) is 6.07. The van der Waals surface area contributed by atoms with E-state index in [1.807, 2.05) is 20.8 Å². The van der Waals surface area contributed by atoms with Crippen LogP contribution in [0.5, 0.6) is 0 Å². The topological polar surface area (TPSA) is 62.1 Å². The molecule has 1 aromatic heterocycles. The van der Waals surface area contributed by atoms with E-state index in [-0.39, 0.29) is 0 Å². The summed E-state index contributed by atoms with van der Waals surface area (Å²) in [6, 6.07) is 2.24. The molecule has 114 valence electrons. The molecule has 5 heteroatoms. The summed E-state index contributed by atoms with van der Waals surface area (Å²) in [5.74, 6) is 0.692. The summed E-state index contributed by atoms with van der Waals surface area (Å²) < 4.78 is 5.26. The number of thiophene rings is 1. The van der Waals surface area contributed by atoms with Crippen LogP contribution in [0, 0.1) is 17.2 Å². The molecule has 0 spiro atoms. The van der Waals surface area contributed by atoms with Gasteiger partial charge in [-0.2, -0.15) is 5.26 Å². The summed E-state index contributed by atoms with van der Waals surface area (Å²) in [6.45, 7) is 7.67. The van der Waals surface area contributed by atoms with Gasteiger partial charge in [-0.15, -0.1) is 11.3 Å². The zero-order chi connectivity index (χ0) is 15.6. The largest absolute Gasteiger partial charge is 0.444 e. The van der Waals surface area contributed by atoms with Crippen molar-refractivity contribution in [1.82, 2.24) is 0 Å². The molecule has 1 aliphatic rings. The minimum Gasteiger partial charge on any atom is -0.444 e. The number of hydrogen-bond donors (Lipinski definition) is 1. The summed E-state index contributed by atoms with van der Waals surface area (Å²) in [5, 5.41) is 12.8. The van der Waals surface area contributed by atoms with Crippen LogP contribution >= 0.6 is 11.3 Å². The van der Waals surface area contributed by atoms with Crippen LogP contribution in [0.15, 0.2) is 0 Å². The monoisotopic (exact) mass is 306 g/mol. The van der Waals surface area contributed by atoms with Gasteiger partial charge >= 0.3 is 6.09 Å². The molecule has 0 bridgehead atoms. The maximum atomic E-state index is 11.9. The Hall–Kier alpha value is -1.54. The van der Waals surface area contributed by atoms with E-state index >= 15 is 0 Å². The molecule has 0 radical (unpaired) electrons. The van der Waals surface area contributed by atoms with E-state index in [1.54, 1.807) is 0 Å². The molecule has 2 rings (SSSR count). The van der Waals surface area contributed by atoms with Gasteiger partial charge in [-0.1, -0.05) is 13.3 Å². The van der Waals surface area contributed by atoms with E-state index < -0.39 is 11.7 Å². The highest BCUT2D eigenvalue weighted by molar-refractivity contribution is 7.16. The second-order valence-electron chi connectivity index (χ2n) is 6.46. The molecule has 0 saturated carbocycles. The number of carbonyl (C=O) groups is 1. The zero-order valence-electron chi connectivity index (χ0n) is 13.1. The maximum absolute atomic E-state index is 11.9. The number of fused-ring (bicyclic) bond motifs is 1. The van der Waals surface area contributed by atoms with E-state index in [0.29, 0.717) is 16.5 Å². The van der Waals surface area contributed by atoms with Crippen molar-refractivity contribution in [3.05, 3.63) is 16.0 Å². The molecule has 1 amide bonds. The van der Waals surface area contributed by atoms with E-state index in [2.05, 4.69) is 18.3 Å². The Balaban J connectivity index is 2.20. The molecule has 1 aliphatic carbocycles. The molecule has 0 aromatic carbocycles. The maximum Gasteiger partial charge on any atom is 0.412 e. The van der Waals surface area contributed by atoms with E-state index in [1.165, 1.54) is 16.2 Å². The number of rotatable bonds is 2. The van der Waals surface area contributed by atoms with Crippen LogP contribution in [0.1, 0.15) is 56.5 Å². The summed E-state index contributed by atoms with van der Waals surface area (Å²) in [5.41, 5.74) is 1.20. The Labute approximate surface area is 130 Å². The molecule has 0 fully saturated rings. The standard InChI is InChI=1S/C16H22N2O2S/c1-5-10-6-7-11-12(9-17)14(21-13(11)8-10)18-15(19)20-16(2,3)4/h10H,5-8H2,1-4H3,(H,18,19). The quantitative estimate of drug-likeness (QED) is 0.876. The molecule has 1 N–H and O–H groups in total. The average Bonchev–Trinajstić information content (AvgIpc) is 2.71. The Morgan fingerprint density at radius 3 is 2.81 bits per heavy atom. The molecule has 21 heavy (non-hydrogen) atoms. The number of nitrogens with zero attached hydrogens (tertiary/aromatic N) is 1. The minimum absolute atomic E-state index is 0.496. The van der Waals surface area contributed by atoms with Crippen LogP contribution in [0.25, 0.3) is 0 Å². The predicted octanol–water partition coefficient (Wildman–Crippen LogP) is 4.48. The highest BCUT2D eigenvalue weighted by atomic mass is 32.1. The van der Waals surface area contributed by atoms with E-state index in [4.69, 9.17) is 4.74 Å². The highest BCUT2D eigenvalue weighted by Crippen LogP contribution is 2.40. The fourth-order valence-electron chi connectivity index (χ4n) is 2.61. The third-order valence-electron chi connectivity index (χ3n) is 3.67. The third-order valence-corrected chi connectivity index (χ3v) is 4.84. The van der Waals surface area contributed by atoms with Crippen molar-refractivity contribution in [2.45, 2.75) is 59.0 Å². The van der Waals surface area contributed by atoms with E-state index in [9.17, 15) is 10.1 Å². The summed E-state index contributed by atoms with van der Waals surface area (Å²) >= 11 is 1.53. The number of nitrogens with one attached hydrogen (secondary N) is 1. The van der Waals surface area contributed by atoms with Crippen molar-refractivity contribution in [3.8, 4) is 6.07 Å². The normalized spacial score (nSPS) is 17.8.